The summed E-state index contributed by atoms with van der Waals surface area (Å²) in [5.41, 5.74) is 7.52. The van der Waals surface area contributed by atoms with E-state index < -0.39 is 5.97 Å². The minimum Gasteiger partial charge on any atom is -0.478 e. The quantitative estimate of drug-likeness (QED) is 0.847. The van der Waals surface area contributed by atoms with Crippen molar-refractivity contribution in [3.05, 3.63) is 34.9 Å². The molecule has 0 radical (unpaired) electrons. The van der Waals surface area contributed by atoms with Crippen LogP contribution in [0.25, 0.3) is 6.08 Å². The topological polar surface area (TPSA) is 96.0 Å². The van der Waals surface area contributed by atoms with Gasteiger partial charge in [-0.1, -0.05) is 6.07 Å². The highest BCUT2D eigenvalue weighted by Gasteiger charge is 2.17. The number of nitrogens with zero attached hydrogens (tertiary/aromatic N) is 2. The fourth-order valence-corrected chi connectivity index (χ4v) is 1.92. The van der Waals surface area contributed by atoms with Gasteiger partial charge >= 0.3 is 5.97 Å². The Morgan fingerprint density at radius 1 is 1.35 bits per heavy atom. The zero-order chi connectivity index (χ0) is 14.9. The number of hydrogen-bond acceptors (Lipinski definition) is 4. The minimum absolute atomic E-state index is 0.0843. The van der Waals surface area contributed by atoms with Crippen molar-refractivity contribution in [2.24, 2.45) is 10.7 Å². The summed E-state index contributed by atoms with van der Waals surface area (Å²) < 4.78 is 0. The molecule has 6 nitrogen and oxygen atoms in total. The van der Waals surface area contributed by atoms with Crippen LogP contribution in [-0.2, 0) is 4.79 Å². The highest BCUT2D eigenvalue weighted by molar-refractivity contribution is 6.03. The largest absolute Gasteiger partial charge is 0.478 e. The van der Waals surface area contributed by atoms with E-state index in [-0.39, 0.29) is 23.7 Å². The van der Waals surface area contributed by atoms with E-state index in [0.29, 0.717) is 16.8 Å². The van der Waals surface area contributed by atoms with Gasteiger partial charge in [0.05, 0.1) is 5.69 Å². The second-order valence-electron chi connectivity index (χ2n) is 4.73. The van der Waals surface area contributed by atoms with Crippen LogP contribution in [0.3, 0.4) is 0 Å². The van der Waals surface area contributed by atoms with Gasteiger partial charge in [0.15, 0.2) is 0 Å². The maximum atomic E-state index is 11.9. The van der Waals surface area contributed by atoms with Crippen LogP contribution in [0, 0.1) is 0 Å². The van der Waals surface area contributed by atoms with Gasteiger partial charge in [-0.05, 0) is 18.2 Å². The van der Waals surface area contributed by atoms with Crippen LogP contribution in [-0.4, -0.2) is 41.8 Å². The van der Waals surface area contributed by atoms with Crippen LogP contribution >= 0.6 is 0 Å². The molecule has 104 valence electrons. The number of benzene rings is 1. The van der Waals surface area contributed by atoms with Crippen LogP contribution in [0.5, 0.6) is 0 Å². The number of hydrogen-bond donors (Lipinski definition) is 2. The third kappa shape index (κ3) is 2.69. The summed E-state index contributed by atoms with van der Waals surface area (Å²) in [6.07, 6.45) is 1.62. The Morgan fingerprint density at radius 2 is 2.05 bits per heavy atom. The van der Waals surface area contributed by atoms with Gasteiger partial charge in [0.25, 0.3) is 5.91 Å². The Morgan fingerprint density at radius 3 is 2.65 bits per heavy atom. The molecule has 1 heterocycles. The molecule has 1 aromatic carbocycles. The van der Waals surface area contributed by atoms with E-state index in [1.54, 1.807) is 32.3 Å². The molecule has 0 unspecified atom stereocenters. The van der Waals surface area contributed by atoms with Crippen molar-refractivity contribution in [2.75, 3.05) is 14.1 Å². The number of aliphatic carboxylic acids is 1. The molecule has 2 rings (SSSR count). The second-order valence-corrected chi connectivity index (χ2v) is 4.73. The number of amides is 1. The fraction of sp³-hybridized carbons (Fsp3) is 0.214. The summed E-state index contributed by atoms with van der Waals surface area (Å²) in [5, 5.41) is 9.08. The van der Waals surface area contributed by atoms with E-state index >= 15 is 0 Å². The normalized spacial score (nSPS) is 13.7. The summed E-state index contributed by atoms with van der Waals surface area (Å²) in [6, 6.07) is 4.94. The average molecular weight is 273 g/mol. The average Bonchev–Trinajstić information content (AvgIpc) is 2.54. The Labute approximate surface area is 116 Å². The van der Waals surface area contributed by atoms with E-state index in [1.807, 2.05) is 0 Å². The van der Waals surface area contributed by atoms with E-state index in [0.717, 1.165) is 0 Å². The molecule has 0 spiro atoms. The first-order valence-corrected chi connectivity index (χ1v) is 6.01. The highest BCUT2D eigenvalue weighted by atomic mass is 16.4. The Balaban J connectivity index is 2.52. The van der Waals surface area contributed by atoms with Gasteiger partial charge in [-0.2, -0.15) is 0 Å². The van der Waals surface area contributed by atoms with Gasteiger partial charge in [0.2, 0.25) is 0 Å². The molecule has 0 aliphatic carbocycles. The Kier molecular flexibility index (Phi) is 3.56. The molecule has 3 N–H and O–H groups in total. The third-order valence-electron chi connectivity index (χ3n) is 2.92. The summed E-state index contributed by atoms with van der Waals surface area (Å²) >= 11 is 0. The van der Waals surface area contributed by atoms with Crippen molar-refractivity contribution in [1.82, 2.24) is 4.90 Å². The third-order valence-corrected chi connectivity index (χ3v) is 2.92. The number of carboxylic acid groups (broad SMARTS) is 1. The smallest absolute Gasteiger partial charge is 0.332 e. The lowest BCUT2D eigenvalue weighted by molar-refractivity contribution is -0.132. The van der Waals surface area contributed by atoms with Crippen LogP contribution < -0.4 is 5.73 Å². The van der Waals surface area contributed by atoms with Gasteiger partial charge < -0.3 is 15.7 Å². The van der Waals surface area contributed by atoms with Crippen molar-refractivity contribution >= 4 is 29.5 Å². The first kappa shape index (κ1) is 13.8. The van der Waals surface area contributed by atoms with Crippen molar-refractivity contribution in [3.8, 4) is 0 Å². The number of fused-ring (bicyclic) bond motifs is 1. The number of aliphatic imine (C=N–C) groups is 1. The summed E-state index contributed by atoms with van der Waals surface area (Å²) in [7, 11) is 3.32. The summed E-state index contributed by atoms with van der Waals surface area (Å²) in [4.78, 5) is 28.6. The molecule has 0 saturated carbocycles. The van der Waals surface area contributed by atoms with Crippen LogP contribution in [0.4, 0.5) is 5.69 Å². The monoisotopic (exact) mass is 273 g/mol. The molecule has 1 amide bonds. The molecular weight excluding hydrogens is 258 g/mol. The van der Waals surface area contributed by atoms with Crippen LogP contribution in [0.2, 0.25) is 0 Å². The zero-order valence-corrected chi connectivity index (χ0v) is 11.3. The predicted molar refractivity (Wildman–Crippen MR) is 76.0 cm³/mol. The highest BCUT2D eigenvalue weighted by Crippen LogP contribution is 2.27. The molecule has 6 heteroatoms. The van der Waals surface area contributed by atoms with Crippen molar-refractivity contribution < 1.29 is 14.7 Å². The maximum absolute atomic E-state index is 11.9. The van der Waals surface area contributed by atoms with Gasteiger partial charge in [-0.3, -0.25) is 4.79 Å². The number of rotatable bonds is 2. The number of carbonyl (C=O) groups is 2. The van der Waals surface area contributed by atoms with E-state index in [2.05, 4.69) is 4.99 Å². The minimum atomic E-state index is -1.02. The number of nitrogens with two attached hydrogens (primary N) is 1. The lowest BCUT2D eigenvalue weighted by Crippen LogP contribution is -2.21. The van der Waals surface area contributed by atoms with Crippen molar-refractivity contribution in [1.29, 1.82) is 0 Å². The lowest BCUT2D eigenvalue weighted by atomic mass is 10.1. The van der Waals surface area contributed by atoms with Crippen molar-refractivity contribution in [3.63, 3.8) is 0 Å². The molecule has 1 aromatic rings. The SMILES string of the molecule is CN(C)C(=O)c1ccc2c(c1)N=C(N)CC(C(=O)O)=C2. The van der Waals surface area contributed by atoms with E-state index in [9.17, 15) is 9.59 Å². The van der Waals surface area contributed by atoms with E-state index in [4.69, 9.17) is 10.8 Å². The molecule has 0 aromatic heterocycles. The predicted octanol–water partition coefficient (Wildman–Crippen LogP) is 1.25. The van der Waals surface area contributed by atoms with Crippen LogP contribution in [0.1, 0.15) is 22.3 Å². The summed E-state index contributed by atoms with van der Waals surface area (Å²) in [6.45, 7) is 0. The number of amidine groups is 1. The molecule has 1 aliphatic rings. The van der Waals surface area contributed by atoms with Gasteiger partial charge in [0, 0.05) is 37.2 Å². The standard InChI is InChI=1S/C14H15N3O3/c1-17(2)13(18)9-4-3-8-5-10(14(19)20)7-12(15)16-11(8)6-9/h3-6H,7H2,1-2H3,(H2,15,16)(H,19,20). The van der Waals surface area contributed by atoms with Gasteiger partial charge in [0.1, 0.15) is 5.84 Å². The molecule has 20 heavy (non-hydrogen) atoms. The zero-order valence-electron chi connectivity index (χ0n) is 11.3. The molecule has 0 bridgehead atoms. The first-order chi connectivity index (χ1) is 9.38. The van der Waals surface area contributed by atoms with Crippen molar-refractivity contribution in [2.45, 2.75) is 6.42 Å². The Hall–Kier alpha value is -2.63. The van der Waals surface area contributed by atoms with E-state index in [1.165, 1.54) is 11.0 Å². The first-order valence-electron chi connectivity index (χ1n) is 6.01. The molecule has 0 atom stereocenters. The maximum Gasteiger partial charge on any atom is 0.332 e. The van der Waals surface area contributed by atoms with Gasteiger partial charge in [-0.25, -0.2) is 9.79 Å². The molecular formula is C14H15N3O3. The molecule has 0 saturated heterocycles. The molecule has 0 fully saturated rings. The number of carboxylic acids is 1. The molecule has 1 aliphatic heterocycles. The second kappa shape index (κ2) is 5.16. The Bertz CT molecular complexity index is 645. The van der Waals surface area contributed by atoms with Gasteiger partial charge in [-0.15, -0.1) is 0 Å². The summed E-state index contributed by atoms with van der Waals surface area (Å²) in [5.74, 6) is -0.954. The lowest BCUT2D eigenvalue weighted by Gasteiger charge is -2.11. The van der Waals surface area contributed by atoms with Crippen LogP contribution in [0.15, 0.2) is 28.8 Å². The fourth-order valence-electron chi connectivity index (χ4n) is 1.92. The number of carbonyl (C=O) groups excluding carboxylic acids is 1.